The molecule has 7 rings (SSSR count). The molecule has 0 aromatic heterocycles. The number of aliphatic hydroxyl groups excluding tert-OH is 9. The SMILES string of the molecule is CC(=O)OC[C@@H]1O[C@H](O[C@@H]2[C@@H](O[C@H]3O[C@@H](CO)[C@@H](O)[C@H](O)[C@H]3O)[C@@H](O[C@]3(COC(=O)/C=C\c4ccc(O)c(O)c4)O[C@H](CO)[C@@H](O)[C@@H]3OC(=O)c3ccccc3)O[C@H](COC(C)=O)[C@H]2OC(=O)/C=C\c2ccc(O)cc2)[C@H](O)[C@@H](O)[C@@H]1O. The molecule has 4 aliphatic rings. The molecule has 29 heteroatoms. The van der Waals surface area contributed by atoms with Crippen LogP contribution in [0.4, 0.5) is 0 Å². The second kappa shape index (κ2) is 28.0. The Hall–Kier alpha value is -6.75. The van der Waals surface area contributed by atoms with E-state index in [4.69, 9.17) is 56.8 Å². The molecule has 4 saturated heterocycles. The minimum Gasteiger partial charge on any atom is -0.508 e. The molecule has 3 aromatic carbocycles. The van der Waals surface area contributed by atoms with Crippen molar-refractivity contribution in [2.75, 3.05) is 33.0 Å². The number of aliphatic hydroxyl groups is 9. The molecule has 0 aliphatic carbocycles. The van der Waals surface area contributed by atoms with Crippen molar-refractivity contribution in [3.8, 4) is 17.2 Å². The number of rotatable bonds is 21. The first-order valence-corrected chi connectivity index (χ1v) is 25.2. The Morgan fingerprint density at radius 3 is 1.70 bits per heavy atom. The number of ether oxygens (including phenoxy) is 12. The molecule has 12 N–H and O–H groups in total. The summed E-state index contributed by atoms with van der Waals surface area (Å²) in [5.74, 6) is -9.64. The van der Waals surface area contributed by atoms with Crippen LogP contribution in [0.25, 0.3) is 12.2 Å². The molecular formula is C53H62O29. The van der Waals surface area contributed by atoms with Crippen LogP contribution in [0.15, 0.2) is 84.9 Å². The molecular weight excluding hydrogens is 1100 g/mol. The van der Waals surface area contributed by atoms with Crippen LogP contribution in [0.1, 0.15) is 35.3 Å². The van der Waals surface area contributed by atoms with Crippen LogP contribution in [0.2, 0.25) is 0 Å². The van der Waals surface area contributed by atoms with Crippen molar-refractivity contribution in [3.05, 3.63) is 102 Å². The summed E-state index contributed by atoms with van der Waals surface area (Å²) in [6.07, 6.45) is -34.0. The number of esters is 5. The van der Waals surface area contributed by atoms with Gasteiger partial charge in [-0.3, -0.25) is 9.59 Å². The molecule has 448 valence electrons. The average molecular weight is 1160 g/mol. The molecule has 0 radical (unpaired) electrons. The number of hydrogen-bond acceptors (Lipinski definition) is 29. The van der Waals surface area contributed by atoms with Gasteiger partial charge in [0.25, 0.3) is 0 Å². The van der Waals surface area contributed by atoms with Gasteiger partial charge in [-0.25, -0.2) is 14.4 Å². The van der Waals surface area contributed by atoms with Crippen molar-refractivity contribution >= 4 is 42.0 Å². The molecule has 0 bridgehead atoms. The second-order valence-corrected chi connectivity index (χ2v) is 19.0. The highest BCUT2D eigenvalue weighted by Crippen LogP contribution is 2.42. The average Bonchev–Trinajstić information content (AvgIpc) is 3.19. The maximum atomic E-state index is 14.0. The van der Waals surface area contributed by atoms with Crippen molar-refractivity contribution in [3.63, 3.8) is 0 Å². The maximum absolute atomic E-state index is 14.0. The van der Waals surface area contributed by atoms with E-state index in [1.165, 1.54) is 60.7 Å². The van der Waals surface area contributed by atoms with Gasteiger partial charge in [0.2, 0.25) is 5.79 Å². The number of benzene rings is 3. The fraction of sp³-hybridized carbons (Fsp3) is 0.491. The van der Waals surface area contributed by atoms with Crippen LogP contribution in [0, 0.1) is 0 Å². The normalized spacial score (nSPS) is 33.8. The van der Waals surface area contributed by atoms with Gasteiger partial charge in [0.05, 0.1) is 18.8 Å². The van der Waals surface area contributed by atoms with Gasteiger partial charge in [-0.05, 0) is 59.7 Å². The van der Waals surface area contributed by atoms with E-state index in [1.807, 2.05) is 0 Å². The lowest BCUT2D eigenvalue weighted by Crippen LogP contribution is -2.69. The van der Waals surface area contributed by atoms with Crippen molar-refractivity contribution in [1.82, 2.24) is 0 Å². The summed E-state index contributed by atoms with van der Waals surface area (Å²) in [6, 6.07) is 16.0. The first-order valence-electron chi connectivity index (χ1n) is 25.2. The molecule has 4 heterocycles. The zero-order valence-electron chi connectivity index (χ0n) is 43.5. The lowest BCUT2D eigenvalue weighted by Gasteiger charge is -2.50. The Labute approximate surface area is 465 Å². The summed E-state index contributed by atoms with van der Waals surface area (Å²) in [7, 11) is 0. The fourth-order valence-electron chi connectivity index (χ4n) is 8.91. The molecule has 0 saturated carbocycles. The number of phenolic OH excluding ortho intramolecular Hbond substituents is 3. The number of aromatic hydroxyl groups is 3. The van der Waals surface area contributed by atoms with E-state index in [1.54, 1.807) is 6.07 Å². The number of phenols is 3. The standard InChI is InChI=1S/C53H62O29/c1-24(56)71-21-34-39(64)42(67)44(69)51(75-34)78-46-45(77-37(62)17-11-26-8-13-29(58)14-9-26)35(22-72-25(2)57)76-52(47(46)79-50-43(68)41(66)38(63)32(19-54)74-50)82-53(23-73-36(61)16-12-27-10-15-30(59)31(60)18-27)48(40(65)33(20-55)81-53)80-49(70)28-6-4-3-5-7-28/h3-18,32-35,38-48,50-52,54-55,58-60,63-69H,19-23H2,1-2H3/b16-12-,17-11-/t32-,33+,34-,35+,38+,39+,40+,41-,42-,43+,44+,45+,46-,47+,48-,50+,51+,52+,53-/m0/s1. The highest BCUT2D eigenvalue weighted by Gasteiger charge is 2.64. The zero-order chi connectivity index (χ0) is 59.6. The highest BCUT2D eigenvalue weighted by molar-refractivity contribution is 5.90. The third kappa shape index (κ3) is 15.3. The lowest BCUT2D eigenvalue weighted by molar-refractivity contribution is -0.421. The fourth-order valence-corrected chi connectivity index (χ4v) is 8.91. The zero-order valence-corrected chi connectivity index (χ0v) is 43.5. The Morgan fingerprint density at radius 2 is 1.09 bits per heavy atom. The maximum Gasteiger partial charge on any atom is 0.338 e. The summed E-state index contributed by atoms with van der Waals surface area (Å²) >= 11 is 0. The molecule has 29 nitrogen and oxygen atoms in total. The van der Waals surface area contributed by atoms with Gasteiger partial charge in [-0.1, -0.05) is 36.4 Å². The Kier molecular flexibility index (Phi) is 21.5. The summed E-state index contributed by atoms with van der Waals surface area (Å²) in [6.45, 7) is -3.12. The van der Waals surface area contributed by atoms with Crippen molar-refractivity contribution in [1.29, 1.82) is 0 Å². The molecule has 0 amide bonds. The molecule has 0 spiro atoms. The van der Waals surface area contributed by atoms with E-state index in [2.05, 4.69) is 0 Å². The predicted octanol–water partition coefficient (Wildman–Crippen LogP) is -3.10. The predicted molar refractivity (Wildman–Crippen MR) is 266 cm³/mol. The monoisotopic (exact) mass is 1160 g/mol. The van der Waals surface area contributed by atoms with Gasteiger partial charge in [0.15, 0.2) is 42.6 Å². The smallest absolute Gasteiger partial charge is 0.338 e. The third-order valence-electron chi connectivity index (χ3n) is 13.2. The van der Waals surface area contributed by atoms with E-state index >= 15 is 0 Å². The largest absolute Gasteiger partial charge is 0.508 e. The van der Waals surface area contributed by atoms with Gasteiger partial charge < -0.3 is 118 Å². The molecule has 3 aromatic rings. The Balaban J connectivity index is 1.39. The first-order chi connectivity index (χ1) is 39.0. The van der Waals surface area contributed by atoms with Crippen molar-refractivity contribution in [2.24, 2.45) is 0 Å². The molecule has 19 atom stereocenters. The highest BCUT2D eigenvalue weighted by atomic mass is 16.8. The number of carbonyl (C=O) groups is 5. The minimum absolute atomic E-state index is 0.121. The van der Waals surface area contributed by atoms with Crippen LogP contribution in [-0.2, 0) is 76.0 Å². The number of carbonyl (C=O) groups excluding carboxylic acids is 5. The quantitative estimate of drug-likeness (QED) is 0.0218. The summed E-state index contributed by atoms with van der Waals surface area (Å²) in [5.41, 5.74) is 0.368. The van der Waals surface area contributed by atoms with E-state index in [0.29, 0.717) is 5.56 Å². The van der Waals surface area contributed by atoms with Crippen LogP contribution in [0.3, 0.4) is 0 Å². The van der Waals surface area contributed by atoms with Crippen LogP contribution >= 0.6 is 0 Å². The summed E-state index contributed by atoms with van der Waals surface area (Å²) in [5, 5.41) is 129. The molecule has 4 fully saturated rings. The van der Waals surface area contributed by atoms with E-state index in [-0.39, 0.29) is 16.9 Å². The summed E-state index contributed by atoms with van der Waals surface area (Å²) < 4.78 is 71.1. The second-order valence-electron chi connectivity index (χ2n) is 19.0. The Bertz CT molecular complexity index is 2700. The number of hydrogen-bond donors (Lipinski definition) is 12. The van der Waals surface area contributed by atoms with Crippen molar-refractivity contribution < 1.29 is 142 Å². The lowest BCUT2D eigenvalue weighted by atomic mass is 9.95. The molecule has 0 unspecified atom stereocenters. The van der Waals surface area contributed by atoms with E-state index in [9.17, 15) is 85.3 Å². The van der Waals surface area contributed by atoms with Gasteiger partial charge in [0.1, 0.15) is 105 Å². The molecule has 82 heavy (non-hydrogen) atoms. The van der Waals surface area contributed by atoms with Crippen LogP contribution in [0.5, 0.6) is 17.2 Å². The molecule has 4 aliphatic heterocycles. The summed E-state index contributed by atoms with van der Waals surface area (Å²) in [4.78, 5) is 66.1. The van der Waals surface area contributed by atoms with Gasteiger partial charge in [-0.15, -0.1) is 0 Å². The van der Waals surface area contributed by atoms with Gasteiger partial charge >= 0.3 is 29.8 Å². The first kappa shape index (κ1) is 62.8. The van der Waals surface area contributed by atoms with Crippen molar-refractivity contribution in [2.45, 2.75) is 130 Å². The van der Waals surface area contributed by atoms with Gasteiger partial charge in [-0.2, -0.15) is 0 Å². The van der Waals surface area contributed by atoms with E-state index in [0.717, 1.165) is 44.2 Å². The van der Waals surface area contributed by atoms with Crippen LogP contribution in [-0.4, -0.2) is 240 Å². The van der Waals surface area contributed by atoms with Crippen LogP contribution < -0.4 is 0 Å². The minimum atomic E-state index is -2.96. The third-order valence-corrected chi connectivity index (χ3v) is 13.2. The van der Waals surface area contributed by atoms with E-state index < -0.39 is 191 Å². The Morgan fingerprint density at radius 1 is 0.537 bits per heavy atom. The van der Waals surface area contributed by atoms with Gasteiger partial charge in [0, 0.05) is 26.0 Å². The topological polar surface area (TPSA) is 439 Å².